The second-order valence-electron chi connectivity index (χ2n) is 3.27. The van der Waals surface area contributed by atoms with E-state index in [4.69, 9.17) is 0 Å². The topological polar surface area (TPSA) is 26.5 Å². The molecule has 11 heavy (non-hydrogen) atoms. The first kappa shape index (κ1) is 6.89. The van der Waals surface area contributed by atoms with Crippen LogP contribution in [0, 0.1) is 5.92 Å². The van der Waals surface area contributed by atoms with Gasteiger partial charge in [0.25, 0.3) is 0 Å². The van der Waals surface area contributed by atoms with Crippen molar-refractivity contribution in [3.05, 3.63) is 11.3 Å². The molecule has 0 atom stereocenters. The first-order valence-electron chi connectivity index (χ1n) is 4.31. The Hall–Kier alpha value is -0.790. The molecule has 0 unspecified atom stereocenters. The summed E-state index contributed by atoms with van der Waals surface area (Å²) < 4.78 is 0. The van der Waals surface area contributed by atoms with Crippen molar-refractivity contribution in [3.63, 3.8) is 0 Å². The average molecular weight is 149 g/mol. The van der Waals surface area contributed by atoms with Crippen LogP contribution >= 0.6 is 0 Å². The van der Waals surface area contributed by atoms with Crippen molar-refractivity contribution in [2.75, 3.05) is 0 Å². The summed E-state index contributed by atoms with van der Waals surface area (Å²) in [5, 5.41) is 4.10. The van der Waals surface area contributed by atoms with Gasteiger partial charge in [-0.1, -0.05) is 6.92 Å². The maximum absolute atomic E-state index is 4.15. The fourth-order valence-electron chi connectivity index (χ4n) is 1.62. The van der Waals surface area contributed by atoms with Crippen LogP contribution in [-0.2, 0) is 0 Å². The first-order valence-corrected chi connectivity index (χ1v) is 4.31. The smallest absolute Gasteiger partial charge is 0.0681 e. The molecule has 0 aromatic rings. The van der Waals surface area contributed by atoms with E-state index in [-0.39, 0.29) is 0 Å². The minimum atomic E-state index is 0.806. The van der Waals surface area contributed by atoms with Crippen molar-refractivity contribution in [1.29, 1.82) is 0 Å². The Labute approximate surface area is 67.4 Å². The Bertz CT molecular complexity index is 234. The van der Waals surface area contributed by atoms with E-state index in [0.29, 0.717) is 0 Å². The molecular formula is C9H13N2. The van der Waals surface area contributed by atoms with Crippen molar-refractivity contribution in [2.24, 2.45) is 11.0 Å². The molecule has 0 bridgehead atoms. The summed E-state index contributed by atoms with van der Waals surface area (Å²) in [6.07, 6.45) is 3.73. The molecule has 0 amide bonds. The molecule has 1 aliphatic heterocycles. The Morgan fingerprint density at radius 2 is 2.18 bits per heavy atom. The van der Waals surface area contributed by atoms with Gasteiger partial charge >= 0.3 is 0 Å². The van der Waals surface area contributed by atoms with Crippen LogP contribution in [0.1, 0.15) is 33.1 Å². The summed E-state index contributed by atoms with van der Waals surface area (Å²) in [6.45, 7) is 4.22. The molecule has 1 fully saturated rings. The van der Waals surface area contributed by atoms with E-state index in [1.165, 1.54) is 24.1 Å². The number of nitrogens with zero attached hydrogens (tertiary/aromatic N) is 2. The van der Waals surface area contributed by atoms with Crippen LogP contribution in [0.4, 0.5) is 0 Å². The van der Waals surface area contributed by atoms with Crippen molar-refractivity contribution in [1.82, 2.24) is 5.43 Å². The summed E-state index contributed by atoms with van der Waals surface area (Å²) in [5.41, 5.74) is 7.98. The Morgan fingerprint density at radius 3 is 2.73 bits per heavy atom. The molecule has 1 aliphatic carbocycles. The van der Waals surface area contributed by atoms with Gasteiger partial charge in [-0.15, -0.1) is 0 Å². The molecule has 0 aromatic carbocycles. The number of rotatable bonds is 2. The largest absolute Gasteiger partial charge is 0.155 e. The summed E-state index contributed by atoms with van der Waals surface area (Å²) in [4.78, 5) is 0. The molecule has 1 radical (unpaired) electrons. The van der Waals surface area contributed by atoms with E-state index < -0.39 is 0 Å². The zero-order chi connectivity index (χ0) is 7.84. The van der Waals surface area contributed by atoms with Crippen LogP contribution in [0.2, 0.25) is 0 Å². The van der Waals surface area contributed by atoms with Gasteiger partial charge in [-0.25, -0.2) is 0 Å². The third-order valence-electron chi connectivity index (χ3n) is 2.34. The zero-order valence-corrected chi connectivity index (χ0v) is 7.09. The van der Waals surface area contributed by atoms with Gasteiger partial charge in [0.15, 0.2) is 0 Å². The highest BCUT2D eigenvalue weighted by Gasteiger charge is 2.32. The number of allylic oxidation sites excluding steroid dienone is 2. The number of hydrogen-bond donors (Lipinski definition) is 0. The predicted octanol–water partition coefficient (Wildman–Crippen LogP) is 2.05. The van der Waals surface area contributed by atoms with Crippen LogP contribution in [0.5, 0.6) is 0 Å². The average Bonchev–Trinajstić information content (AvgIpc) is 2.76. The molecular weight excluding hydrogens is 136 g/mol. The van der Waals surface area contributed by atoms with Gasteiger partial charge in [0.2, 0.25) is 0 Å². The van der Waals surface area contributed by atoms with E-state index in [0.717, 1.165) is 18.1 Å². The maximum atomic E-state index is 4.15. The van der Waals surface area contributed by atoms with Crippen molar-refractivity contribution >= 4 is 5.71 Å². The van der Waals surface area contributed by atoms with Crippen LogP contribution in [0.25, 0.3) is 0 Å². The molecule has 59 valence electrons. The molecule has 2 heteroatoms. The molecule has 2 nitrogen and oxygen atoms in total. The molecule has 2 rings (SSSR count). The quantitative estimate of drug-likeness (QED) is 0.574. The van der Waals surface area contributed by atoms with E-state index in [1.54, 1.807) is 0 Å². The lowest BCUT2D eigenvalue weighted by molar-refractivity contribution is 0.819. The van der Waals surface area contributed by atoms with Gasteiger partial charge < -0.3 is 0 Å². The standard InChI is InChI=1S/C9H13N2/c1-3-8-9(7-4-5-7)6(2)10-11-8/h7H,3-5H2,1-2H3. The summed E-state index contributed by atoms with van der Waals surface area (Å²) in [5.74, 6) is 0.806. The van der Waals surface area contributed by atoms with Gasteiger partial charge in [-0.2, -0.15) is 10.5 Å². The normalized spacial score (nSPS) is 23.6. The van der Waals surface area contributed by atoms with Crippen molar-refractivity contribution in [2.45, 2.75) is 33.1 Å². The maximum Gasteiger partial charge on any atom is 0.0681 e. The lowest BCUT2D eigenvalue weighted by Gasteiger charge is -2.00. The zero-order valence-electron chi connectivity index (χ0n) is 7.09. The Kier molecular flexibility index (Phi) is 1.48. The third kappa shape index (κ3) is 1.06. The highest BCUT2D eigenvalue weighted by Crippen LogP contribution is 2.40. The highest BCUT2D eigenvalue weighted by atomic mass is 15.3. The van der Waals surface area contributed by atoms with Gasteiger partial charge in [-0.3, -0.25) is 0 Å². The number of hydrogen-bond acceptors (Lipinski definition) is 1. The van der Waals surface area contributed by atoms with E-state index in [9.17, 15) is 0 Å². The van der Waals surface area contributed by atoms with Gasteiger partial charge in [0.05, 0.1) is 11.4 Å². The molecule has 1 saturated carbocycles. The lowest BCUT2D eigenvalue weighted by atomic mass is 10.0. The molecule has 0 aromatic heterocycles. The molecule has 2 aliphatic rings. The van der Waals surface area contributed by atoms with E-state index in [1.807, 2.05) is 0 Å². The van der Waals surface area contributed by atoms with Crippen LogP contribution in [0.15, 0.2) is 16.4 Å². The molecule has 0 N–H and O–H groups in total. The van der Waals surface area contributed by atoms with Crippen LogP contribution < -0.4 is 5.43 Å². The van der Waals surface area contributed by atoms with Gasteiger partial charge in [0.1, 0.15) is 0 Å². The molecule has 1 heterocycles. The second kappa shape index (κ2) is 2.36. The Morgan fingerprint density at radius 1 is 1.45 bits per heavy atom. The molecule has 0 spiro atoms. The summed E-state index contributed by atoms with van der Waals surface area (Å²) in [7, 11) is 0. The highest BCUT2D eigenvalue weighted by molar-refractivity contribution is 6.01. The van der Waals surface area contributed by atoms with Crippen LogP contribution in [0.3, 0.4) is 0 Å². The Balaban J connectivity index is 2.26. The minimum absolute atomic E-state index is 0.806. The van der Waals surface area contributed by atoms with Gasteiger partial charge in [-0.05, 0) is 32.1 Å². The van der Waals surface area contributed by atoms with Gasteiger partial charge in [0, 0.05) is 5.57 Å². The van der Waals surface area contributed by atoms with Crippen LogP contribution in [-0.4, -0.2) is 5.71 Å². The van der Waals surface area contributed by atoms with Crippen molar-refractivity contribution in [3.8, 4) is 0 Å². The predicted molar refractivity (Wildman–Crippen MR) is 45.3 cm³/mol. The fraction of sp³-hybridized carbons (Fsp3) is 0.667. The third-order valence-corrected chi connectivity index (χ3v) is 2.34. The molecule has 0 saturated heterocycles. The van der Waals surface area contributed by atoms with Crippen molar-refractivity contribution < 1.29 is 0 Å². The van der Waals surface area contributed by atoms with E-state index in [2.05, 4.69) is 24.4 Å². The first-order chi connectivity index (χ1) is 5.33. The lowest BCUT2D eigenvalue weighted by Crippen LogP contribution is -1.98. The monoisotopic (exact) mass is 149 g/mol. The fourth-order valence-corrected chi connectivity index (χ4v) is 1.62. The second-order valence-corrected chi connectivity index (χ2v) is 3.27. The summed E-state index contributed by atoms with van der Waals surface area (Å²) >= 11 is 0. The SMILES string of the molecule is CCC1=C(C2CC2)C(C)=N[N]1. The summed E-state index contributed by atoms with van der Waals surface area (Å²) in [6, 6.07) is 0. The minimum Gasteiger partial charge on any atom is -0.155 e. The van der Waals surface area contributed by atoms with E-state index >= 15 is 0 Å².